The van der Waals surface area contributed by atoms with Crippen LogP contribution in [0.1, 0.15) is 37.4 Å². The van der Waals surface area contributed by atoms with Gasteiger partial charge in [0.1, 0.15) is 5.75 Å². The molecule has 1 unspecified atom stereocenters. The van der Waals surface area contributed by atoms with Gasteiger partial charge in [0, 0.05) is 10.0 Å². The first-order chi connectivity index (χ1) is 7.72. The van der Waals surface area contributed by atoms with Crippen LogP contribution < -0.4 is 4.74 Å². The topological polar surface area (TPSA) is 29.5 Å². The largest absolute Gasteiger partial charge is 0.496 e. The van der Waals surface area contributed by atoms with Crippen LogP contribution in [-0.2, 0) is 0 Å². The molecule has 3 heteroatoms. The first kappa shape index (κ1) is 11.9. The monoisotopic (exact) mass is 284 g/mol. The number of methoxy groups -OCH3 is 1. The van der Waals surface area contributed by atoms with Crippen LogP contribution in [0.3, 0.4) is 0 Å². The molecule has 2 nitrogen and oxygen atoms in total. The molecule has 0 radical (unpaired) electrons. The Balaban J connectivity index is 2.26. The standard InChI is InChI=1S/C13H17BrO2/c1-16-12-7-6-10(14)8-11(12)13(15)9-4-2-3-5-9/h6-9,13,15H,2-5H2,1H3. The third kappa shape index (κ3) is 2.41. The molecule has 1 N–H and O–H groups in total. The van der Waals surface area contributed by atoms with Gasteiger partial charge in [0.15, 0.2) is 0 Å². The molecule has 2 rings (SSSR count). The third-order valence-corrected chi connectivity index (χ3v) is 3.85. The van der Waals surface area contributed by atoms with Crippen molar-refractivity contribution in [2.75, 3.05) is 7.11 Å². The number of aliphatic hydroxyl groups is 1. The van der Waals surface area contributed by atoms with E-state index in [9.17, 15) is 5.11 Å². The molecule has 1 aliphatic carbocycles. The van der Waals surface area contributed by atoms with Gasteiger partial charge in [0.25, 0.3) is 0 Å². The summed E-state index contributed by atoms with van der Waals surface area (Å²) in [7, 11) is 1.65. The highest BCUT2D eigenvalue weighted by atomic mass is 79.9. The van der Waals surface area contributed by atoms with E-state index in [0.717, 1.165) is 28.6 Å². The lowest BCUT2D eigenvalue weighted by Gasteiger charge is -2.20. The molecule has 1 fully saturated rings. The van der Waals surface area contributed by atoms with Crippen molar-refractivity contribution in [1.82, 2.24) is 0 Å². The lowest BCUT2D eigenvalue weighted by molar-refractivity contribution is 0.108. The maximum atomic E-state index is 10.4. The smallest absolute Gasteiger partial charge is 0.124 e. The number of hydrogen-bond acceptors (Lipinski definition) is 2. The summed E-state index contributed by atoms with van der Waals surface area (Å²) >= 11 is 3.44. The molecule has 1 aromatic carbocycles. The number of hydrogen-bond donors (Lipinski definition) is 1. The van der Waals surface area contributed by atoms with Gasteiger partial charge in [0.2, 0.25) is 0 Å². The maximum Gasteiger partial charge on any atom is 0.124 e. The average molecular weight is 285 g/mol. The molecule has 1 aliphatic rings. The summed E-state index contributed by atoms with van der Waals surface area (Å²) in [5.74, 6) is 1.17. The van der Waals surface area contributed by atoms with Crippen LogP contribution in [0.5, 0.6) is 5.75 Å². The highest BCUT2D eigenvalue weighted by Crippen LogP contribution is 2.39. The Kier molecular flexibility index (Phi) is 3.87. The van der Waals surface area contributed by atoms with Gasteiger partial charge in [-0.15, -0.1) is 0 Å². The summed E-state index contributed by atoms with van der Waals surface area (Å²) in [6.45, 7) is 0. The average Bonchev–Trinajstić information content (AvgIpc) is 2.81. The molecule has 0 spiro atoms. The van der Waals surface area contributed by atoms with E-state index in [1.165, 1.54) is 12.8 Å². The van der Waals surface area contributed by atoms with Crippen molar-refractivity contribution in [3.05, 3.63) is 28.2 Å². The fourth-order valence-corrected chi connectivity index (χ4v) is 2.84. The molecule has 16 heavy (non-hydrogen) atoms. The molecule has 0 bridgehead atoms. The minimum Gasteiger partial charge on any atom is -0.496 e. The van der Waals surface area contributed by atoms with E-state index in [-0.39, 0.29) is 0 Å². The predicted octanol–water partition coefficient (Wildman–Crippen LogP) is 3.68. The molecule has 1 aromatic rings. The van der Waals surface area contributed by atoms with Gasteiger partial charge in [-0.3, -0.25) is 0 Å². The third-order valence-electron chi connectivity index (χ3n) is 3.36. The van der Waals surface area contributed by atoms with Crippen LogP contribution in [0.2, 0.25) is 0 Å². The molecular formula is C13H17BrO2. The van der Waals surface area contributed by atoms with Crippen molar-refractivity contribution in [2.45, 2.75) is 31.8 Å². The molecule has 0 saturated heterocycles. The number of rotatable bonds is 3. The summed E-state index contributed by atoms with van der Waals surface area (Å²) < 4.78 is 6.29. The van der Waals surface area contributed by atoms with Gasteiger partial charge in [-0.1, -0.05) is 28.8 Å². The maximum absolute atomic E-state index is 10.4. The van der Waals surface area contributed by atoms with E-state index >= 15 is 0 Å². The van der Waals surface area contributed by atoms with Crippen LogP contribution in [0.4, 0.5) is 0 Å². The van der Waals surface area contributed by atoms with Gasteiger partial charge in [-0.25, -0.2) is 0 Å². The Hall–Kier alpha value is -0.540. The zero-order valence-electron chi connectivity index (χ0n) is 9.45. The Morgan fingerprint density at radius 3 is 2.69 bits per heavy atom. The molecule has 1 atom stereocenters. The van der Waals surface area contributed by atoms with Crippen LogP contribution >= 0.6 is 15.9 Å². The summed E-state index contributed by atoms with van der Waals surface area (Å²) in [5.41, 5.74) is 0.906. The molecule has 0 aromatic heterocycles. The Bertz CT molecular complexity index is 359. The molecule has 1 saturated carbocycles. The van der Waals surface area contributed by atoms with Gasteiger partial charge >= 0.3 is 0 Å². The highest BCUT2D eigenvalue weighted by Gasteiger charge is 2.26. The van der Waals surface area contributed by atoms with Gasteiger partial charge < -0.3 is 9.84 Å². The van der Waals surface area contributed by atoms with E-state index in [1.807, 2.05) is 18.2 Å². The first-order valence-corrected chi connectivity index (χ1v) is 6.53. The van der Waals surface area contributed by atoms with Crippen molar-refractivity contribution in [3.63, 3.8) is 0 Å². The lowest BCUT2D eigenvalue weighted by atomic mass is 9.94. The quantitative estimate of drug-likeness (QED) is 0.918. The van der Waals surface area contributed by atoms with Crippen LogP contribution in [-0.4, -0.2) is 12.2 Å². The summed E-state index contributed by atoms with van der Waals surface area (Å²) in [6.07, 6.45) is 4.32. The zero-order valence-corrected chi connectivity index (χ0v) is 11.0. The number of ether oxygens (including phenoxy) is 1. The Morgan fingerprint density at radius 2 is 2.06 bits per heavy atom. The molecule has 0 aliphatic heterocycles. The van der Waals surface area contributed by atoms with Crippen molar-refractivity contribution in [3.8, 4) is 5.75 Å². The Labute approximate surface area is 105 Å². The van der Waals surface area contributed by atoms with Crippen molar-refractivity contribution >= 4 is 15.9 Å². The van der Waals surface area contributed by atoms with E-state index in [4.69, 9.17) is 4.74 Å². The second kappa shape index (κ2) is 5.19. The van der Waals surface area contributed by atoms with Gasteiger partial charge in [-0.05, 0) is 37.0 Å². The second-order valence-corrected chi connectivity index (χ2v) is 5.29. The van der Waals surface area contributed by atoms with Gasteiger partial charge in [-0.2, -0.15) is 0 Å². The number of aliphatic hydroxyl groups excluding tert-OH is 1. The van der Waals surface area contributed by atoms with Crippen LogP contribution in [0.15, 0.2) is 22.7 Å². The summed E-state index contributed by atoms with van der Waals surface area (Å²) in [5, 5.41) is 10.4. The summed E-state index contributed by atoms with van der Waals surface area (Å²) in [6, 6.07) is 5.79. The molecule has 0 amide bonds. The fourth-order valence-electron chi connectivity index (χ4n) is 2.46. The number of benzene rings is 1. The minimum absolute atomic E-state index is 0.392. The SMILES string of the molecule is COc1ccc(Br)cc1C(O)C1CCCC1. The van der Waals surface area contributed by atoms with Crippen LogP contribution in [0, 0.1) is 5.92 Å². The molecular weight excluding hydrogens is 268 g/mol. The second-order valence-electron chi connectivity index (χ2n) is 4.38. The first-order valence-electron chi connectivity index (χ1n) is 5.74. The van der Waals surface area contributed by atoms with Crippen LogP contribution in [0.25, 0.3) is 0 Å². The van der Waals surface area contributed by atoms with Crippen molar-refractivity contribution < 1.29 is 9.84 Å². The Morgan fingerprint density at radius 1 is 1.38 bits per heavy atom. The summed E-state index contributed by atoms with van der Waals surface area (Å²) in [4.78, 5) is 0. The van der Waals surface area contributed by atoms with Crippen molar-refractivity contribution in [1.29, 1.82) is 0 Å². The van der Waals surface area contributed by atoms with E-state index in [0.29, 0.717) is 5.92 Å². The predicted molar refractivity (Wildman–Crippen MR) is 67.6 cm³/mol. The highest BCUT2D eigenvalue weighted by molar-refractivity contribution is 9.10. The number of halogens is 1. The van der Waals surface area contributed by atoms with E-state index < -0.39 is 6.10 Å². The van der Waals surface area contributed by atoms with Crippen molar-refractivity contribution in [2.24, 2.45) is 5.92 Å². The fraction of sp³-hybridized carbons (Fsp3) is 0.538. The zero-order chi connectivity index (χ0) is 11.5. The minimum atomic E-state index is -0.394. The van der Waals surface area contributed by atoms with E-state index in [2.05, 4.69) is 15.9 Å². The normalized spacial score (nSPS) is 18.7. The van der Waals surface area contributed by atoms with E-state index in [1.54, 1.807) is 7.11 Å². The molecule has 0 heterocycles. The molecule has 88 valence electrons. The van der Waals surface area contributed by atoms with Gasteiger partial charge in [0.05, 0.1) is 13.2 Å². The lowest BCUT2D eigenvalue weighted by Crippen LogP contribution is -2.10.